The van der Waals surface area contributed by atoms with E-state index >= 15 is 0 Å². The fraction of sp³-hybridized carbons (Fsp3) is 0.118. The summed E-state index contributed by atoms with van der Waals surface area (Å²) in [5.74, 6) is 0.543. The van der Waals surface area contributed by atoms with E-state index in [0.29, 0.717) is 28.3 Å². The number of amides is 3. The maximum absolute atomic E-state index is 12.3. The lowest BCUT2D eigenvalue weighted by atomic mass is 10.1. The van der Waals surface area contributed by atoms with Gasteiger partial charge in [0.05, 0.1) is 0 Å². The monoisotopic (exact) mass is 356 g/mol. The van der Waals surface area contributed by atoms with Gasteiger partial charge in [-0.1, -0.05) is 12.1 Å². The Hall–Kier alpha value is -3.00. The van der Waals surface area contributed by atoms with Crippen LogP contribution in [0.4, 0.5) is 10.5 Å². The third kappa shape index (κ3) is 3.03. The van der Waals surface area contributed by atoms with Crippen molar-refractivity contribution in [2.24, 2.45) is 0 Å². The predicted molar refractivity (Wildman–Crippen MR) is 90.8 cm³/mol. The minimum Gasteiger partial charge on any atom is -0.454 e. The second-order valence-corrected chi connectivity index (χ2v) is 6.50. The Morgan fingerprint density at radius 2 is 1.84 bits per heavy atom. The molecule has 25 heavy (non-hydrogen) atoms. The zero-order valence-corrected chi connectivity index (χ0v) is 13.6. The number of carbonyl (C=O) groups is 3. The zero-order chi connectivity index (χ0) is 17.4. The molecule has 2 aliphatic rings. The molecular formula is C17H12N2O5S. The number of fused-ring (bicyclic) bond motifs is 1. The maximum atomic E-state index is 12.3. The number of anilines is 1. The van der Waals surface area contributed by atoms with E-state index < -0.39 is 5.25 Å². The van der Waals surface area contributed by atoms with Crippen LogP contribution in [0.1, 0.15) is 21.2 Å². The highest BCUT2D eigenvalue weighted by atomic mass is 32.2. The van der Waals surface area contributed by atoms with Gasteiger partial charge in [-0.05, 0) is 47.7 Å². The Kier molecular flexibility index (Phi) is 3.81. The van der Waals surface area contributed by atoms with Crippen molar-refractivity contribution >= 4 is 34.5 Å². The molecule has 1 atom stereocenters. The Labute approximate surface area is 146 Å². The molecule has 2 N–H and O–H groups in total. The molecular weight excluding hydrogens is 344 g/mol. The van der Waals surface area contributed by atoms with E-state index in [1.807, 2.05) is 0 Å². The molecule has 0 aromatic heterocycles. The van der Waals surface area contributed by atoms with Crippen molar-refractivity contribution < 1.29 is 23.9 Å². The SMILES string of the molecule is O=C1NC(=O)C(c2ccc(NC(=O)c3ccc4c(c3)OCO4)cc2)S1. The summed E-state index contributed by atoms with van der Waals surface area (Å²) in [5, 5.41) is 4.12. The van der Waals surface area contributed by atoms with Crippen LogP contribution in [0.5, 0.6) is 11.5 Å². The van der Waals surface area contributed by atoms with Crippen LogP contribution in [0.2, 0.25) is 0 Å². The van der Waals surface area contributed by atoms with Gasteiger partial charge in [0.15, 0.2) is 11.5 Å². The number of nitrogens with one attached hydrogen (secondary N) is 2. The van der Waals surface area contributed by atoms with Gasteiger partial charge in [-0.25, -0.2) is 0 Å². The summed E-state index contributed by atoms with van der Waals surface area (Å²) in [6, 6.07) is 11.8. The summed E-state index contributed by atoms with van der Waals surface area (Å²) in [7, 11) is 0. The van der Waals surface area contributed by atoms with Crippen LogP contribution in [0.15, 0.2) is 42.5 Å². The number of hydrogen-bond donors (Lipinski definition) is 2. The molecule has 0 bridgehead atoms. The van der Waals surface area contributed by atoms with Gasteiger partial charge >= 0.3 is 0 Å². The van der Waals surface area contributed by atoms with E-state index in [1.165, 1.54) is 0 Å². The molecule has 0 saturated carbocycles. The first-order chi connectivity index (χ1) is 12.1. The Morgan fingerprint density at radius 1 is 1.08 bits per heavy atom. The van der Waals surface area contributed by atoms with Crippen LogP contribution in [0.25, 0.3) is 0 Å². The molecule has 0 radical (unpaired) electrons. The maximum Gasteiger partial charge on any atom is 0.286 e. The standard InChI is InChI=1S/C17H12N2O5S/c20-15(10-3-6-12-13(7-10)24-8-23-12)18-11-4-1-9(2-5-11)14-16(21)19-17(22)25-14/h1-7,14H,8H2,(H,18,20)(H,19,21,22). The fourth-order valence-corrected chi connectivity index (χ4v) is 3.39. The fourth-order valence-electron chi connectivity index (χ4n) is 2.56. The van der Waals surface area contributed by atoms with Crippen LogP contribution in [0, 0.1) is 0 Å². The van der Waals surface area contributed by atoms with Crippen molar-refractivity contribution in [2.75, 3.05) is 12.1 Å². The highest BCUT2D eigenvalue weighted by molar-refractivity contribution is 8.15. The topological polar surface area (TPSA) is 93.7 Å². The normalized spacial score (nSPS) is 18.2. The van der Waals surface area contributed by atoms with Gasteiger partial charge in [0.2, 0.25) is 12.7 Å². The average molecular weight is 356 g/mol. The lowest BCUT2D eigenvalue weighted by Crippen LogP contribution is -2.20. The molecule has 3 amide bonds. The van der Waals surface area contributed by atoms with Crippen LogP contribution in [-0.4, -0.2) is 23.8 Å². The number of hydrogen-bond acceptors (Lipinski definition) is 6. The highest BCUT2D eigenvalue weighted by Crippen LogP contribution is 2.35. The summed E-state index contributed by atoms with van der Waals surface area (Å²) in [6.45, 7) is 0.150. The summed E-state index contributed by atoms with van der Waals surface area (Å²) in [6.07, 6.45) is 0. The number of carbonyl (C=O) groups excluding carboxylic acids is 3. The predicted octanol–water partition coefficient (Wildman–Crippen LogP) is 2.69. The molecule has 2 heterocycles. The molecule has 2 aromatic rings. The number of thioether (sulfide) groups is 1. The van der Waals surface area contributed by atoms with Crippen LogP contribution < -0.4 is 20.1 Å². The third-order valence-corrected chi connectivity index (χ3v) is 4.83. The molecule has 126 valence electrons. The molecule has 7 nitrogen and oxygen atoms in total. The molecule has 1 saturated heterocycles. The number of imide groups is 1. The summed E-state index contributed by atoms with van der Waals surface area (Å²) in [5.41, 5.74) is 1.74. The molecule has 4 rings (SSSR count). The van der Waals surface area contributed by atoms with Gasteiger partial charge in [-0.3, -0.25) is 19.7 Å². The van der Waals surface area contributed by atoms with Crippen LogP contribution in [0.3, 0.4) is 0 Å². The number of ether oxygens (including phenoxy) is 2. The second kappa shape index (κ2) is 6.14. The summed E-state index contributed by atoms with van der Waals surface area (Å²) in [4.78, 5) is 35.3. The van der Waals surface area contributed by atoms with Crippen molar-refractivity contribution in [3.63, 3.8) is 0 Å². The molecule has 1 unspecified atom stereocenters. The van der Waals surface area contributed by atoms with Crippen molar-refractivity contribution in [3.8, 4) is 11.5 Å². The lowest BCUT2D eigenvalue weighted by Gasteiger charge is -2.09. The smallest absolute Gasteiger partial charge is 0.286 e. The van der Waals surface area contributed by atoms with Gasteiger partial charge in [-0.2, -0.15) is 0 Å². The van der Waals surface area contributed by atoms with E-state index in [1.54, 1.807) is 42.5 Å². The molecule has 1 fully saturated rings. The van der Waals surface area contributed by atoms with E-state index in [0.717, 1.165) is 11.8 Å². The first-order valence-electron chi connectivity index (χ1n) is 7.42. The largest absolute Gasteiger partial charge is 0.454 e. The van der Waals surface area contributed by atoms with Crippen molar-refractivity contribution in [1.82, 2.24) is 5.32 Å². The zero-order valence-electron chi connectivity index (χ0n) is 12.8. The Bertz CT molecular complexity index is 881. The molecule has 0 aliphatic carbocycles. The van der Waals surface area contributed by atoms with Gasteiger partial charge in [-0.15, -0.1) is 0 Å². The molecule has 2 aromatic carbocycles. The van der Waals surface area contributed by atoms with Crippen molar-refractivity contribution in [2.45, 2.75) is 5.25 Å². The first kappa shape index (κ1) is 15.5. The van der Waals surface area contributed by atoms with E-state index in [4.69, 9.17) is 9.47 Å². The third-order valence-electron chi connectivity index (χ3n) is 3.79. The molecule has 2 aliphatic heterocycles. The molecule has 0 spiro atoms. The van der Waals surface area contributed by atoms with Crippen LogP contribution >= 0.6 is 11.8 Å². The van der Waals surface area contributed by atoms with E-state index in [-0.39, 0.29) is 23.8 Å². The number of rotatable bonds is 3. The quantitative estimate of drug-likeness (QED) is 0.878. The van der Waals surface area contributed by atoms with Crippen molar-refractivity contribution in [3.05, 3.63) is 53.6 Å². The van der Waals surface area contributed by atoms with Gasteiger partial charge in [0, 0.05) is 11.3 Å². The van der Waals surface area contributed by atoms with E-state index in [9.17, 15) is 14.4 Å². The minimum absolute atomic E-state index is 0.150. The van der Waals surface area contributed by atoms with Crippen LogP contribution in [-0.2, 0) is 4.79 Å². The van der Waals surface area contributed by atoms with Gasteiger partial charge in [0.1, 0.15) is 5.25 Å². The van der Waals surface area contributed by atoms with Gasteiger partial charge < -0.3 is 14.8 Å². The molecule has 8 heteroatoms. The van der Waals surface area contributed by atoms with Gasteiger partial charge in [0.25, 0.3) is 11.1 Å². The van der Waals surface area contributed by atoms with E-state index in [2.05, 4.69) is 10.6 Å². The summed E-state index contributed by atoms with van der Waals surface area (Å²) >= 11 is 0.942. The Morgan fingerprint density at radius 3 is 2.56 bits per heavy atom. The first-order valence-corrected chi connectivity index (χ1v) is 8.30. The second-order valence-electron chi connectivity index (χ2n) is 5.42. The van der Waals surface area contributed by atoms with Crippen molar-refractivity contribution in [1.29, 1.82) is 0 Å². The Balaban J connectivity index is 1.47. The highest BCUT2D eigenvalue weighted by Gasteiger charge is 2.32. The number of benzene rings is 2. The average Bonchev–Trinajstić information content (AvgIpc) is 3.20. The minimum atomic E-state index is -0.550. The summed E-state index contributed by atoms with van der Waals surface area (Å²) < 4.78 is 10.5. The lowest BCUT2D eigenvalue weighted by molar-refractivity contribution is -0.119.